The summed E-state index contributed by atoms with van der Waals surface area (Å²) in [6, 6.07) is 5.59. The molecule has 0 saturated carbocycles. The highest BCUT2D eigenvalue weighted by Gasteiger charge is 2.18. The van der Waals surface area contributed by atoms with Crippen LogP contribution >= 0.6 is 0 Å². The van der Waals surface area contributed by atoms with Gasteiger partial charge in [-0.05, 0) is 37.6 Å². The van der Waals surface area contributed by atoms with Crippen molar-refractivity contribution in [2.45, 2.75) is 32.7 Å². The van der Waals surface area contributed by atoms with Gasteiger partial charge in [-0.3, -0.25) is 4.79 Å². The minimum Gasteiger partial charge on any atom is -0.493 e. The van der Waals surface area contributed by atoms with E-state index in [-0.39, 0.29) is 12.0 Å². The molecule has 1 unspecified atom stereocenters. The lowest BCUT2D eigenvalue weighted by molar-refractivity contribution is -0.143. The number of carbonyl (C=O) groups excluding carboxylic acids is 1. The van der Waals surface area contributed by atoms with Gasteiger partial charge < -0.3 is 19.5 Å². The van der Waals surface area contributed by atoms with Gasteiger partial charge in [0.2, 0.25) is 0 Å². The highest BCUT2D eigenvalue weighted by molar-refractivity contribution is 5.70. The molecule has 0 radical (unpaired) electrons. The van der Waals surface area contributed by atoms with Crippen molar-refractivity contribution in [2.75, 3.05) is 27.4 Å². The van der Waals surface area contributed by atoms with Crippen LogP contribution in [0.1, 0.15) is 38.3 Å². The van der Waals surface area contributed by atoms with E-state index in [1.165, 1.54) is 0 Å². The summed E-state index contributed by atoms with van der Waals surface area (Å²) in [6.45, 7) is 5.12. The van der Waals surface area contributed by atoms with Crippen molar-refractivity contribution in [1.82, 2.24) is 5.32 Å². The molecule has 1 aromatic carbocycles. The molecule has 0 fully saturated rings. The number of hydrogen-bond acceptors (Lipinski definition) is 5. The van der Waals surface area contributed by atoms with Crippen LogP contribution in [0.15, 0.2) is 18.2 Å². The predicted octanol–water partition coefficient (Wildman–Crippen LogP) is 2.70. The highest BCUT2D eigenvalue weighted by Crippen LogP contribution is 2.31. The molecule has 0 heterocycles. The summed E-state index contributed by atoms with van der Waals surface area (Å²) in [5.74, 6) is 1.12. The third-order valence-corrected chi connectivity index (χ3v) is 3.13. The summed E-state index contributed by atoms with van der Waals surface area (Å²) in [4.78, 5) is 11.7. The fraction of sp³-hybridized carbons (Fsp3) is 0.562. The van der Waals surface area contributed by atoms with Crippen LogP contribution < -0.4 is 14.8 Å². The number of ether oxygens (including phenoxy) is 3. The number of nitrogens with one attached hydrogen (secondary N) is 1. The standard InChI is InChI=1S/C16H25NO4/c1-5-9-17-13(11-16(18)21-6-2)12-7-8-14(19-3)15(10-12)20-4/h7-8,10,13,17H,5-6,9,11H2,1-4H3. The van der Waals surface area contributed by atoms with E-state index in [1.54, 1.807) is 14.2 Å². The zero-order chi connectivity index (χ0) is 15.7. The zero-order valence-electron chi connectivity index (χ0n) is 13.3. The Bertz CT molecular complexity index is 448. The smallest absolute Gasteiger partial charge is 0.307 e. The van der Waals surface area contributed by atoms with Gasteiger partial charge in [-0.25, -0.2) is 0 Å². The molecule has 118 valence electrons. The SMILES string of the molecule is CCCNC(CC(=O)OCC)c1ccc(OC)c(OC)c1. The van der Waals surface area contributed by atoms with Crippen LogP contribution in [0.2, 0.25) is 0 Å². The minimum atomic E-state index is -0.208. The van der Waals surface area contributed by atoms with Gasteiger partial charge in [-0.15, -0.1) is 0 Å². The van der Waals surface area contributed by atoms with Gasteiger partial charge in [0, 0.05) is 6.04 Å². The summed E-state index contributed by atoms with van der Waals surface area (Å²) in [6.07, 6.45) is 1.29. The van der Waals surface area contributed by atoms with E-state index in [2.05, 4.69) is 12.2 Å². The Balaban J connectivity index is 2.93. The topological polar surface area (TPSA) is 56.8 Å². The van der Waals surface area contributed by atoms with Crippen LogP contribution in [-0.4, -0.2) is 33.3 Å². The van der Waals surface area contributed by atoms with E-state index in [0.29, 0.717) is 24.5 Å². The zero-order valence-corrected chi connectivity index (χ0v) is 13.3. The van der Waals surface area contributed by atoms with Crippen LogP contribution in [0.3, 0.4) is 0 Å². The van der Waals surface area contributed by atoms with Crippen LogP contribution in [0.25, 0.3) is 0 Å². The molecule has 5 heteroatoms. The molecule has 0 bridgehead atoms. The molecule has 0 saturated heterocycles. The Morgan fingerprint density at radius 2 is 1.90 bits per heavy atom. The van der Waals surface area contributed by atoms with Crippen molar-refractivity contribution in [3.8, 4) is 11.5 Å². The van der Waals surface area contributed by atoms with Gasteiger partial charge in [0.1, 0.15) is 0 Å². The summed E-state index contributed by atoms with van der Waals surface area (Å²) < 4.78 is 15.6. The van der Waals surface area contributed by atoms with Gasteiger partial charge in [0.15, 0.2) is 11.5 Å². The van der Waals surface area contributed by atoms with Crippen molar-refractivity contribution in [3.05, 3.63) is 23.8 Å². The fourth-order valence-electron chi connectivity index (χ4n) is 2.08. The fourth-order valence-corrected chi connectivity index (χ4v) is 2.08. The predicted molar refractivity (Wildman–Crippen MR) is 81.8 cm³/mol. The van der Waals surface area contributed by atoms with E-state index < -0.39 is 0 Å². The second-order valence-electron chi connectivity index (χ2n) is 4.63. The lowest BCUT2D eigenvalue weighted by atomic mass is 10.0. The van der Waals surface area contributed by atoms with Crippen LogP contribution in [0.5, 0.6) is 11.5 Å². The molecule has 1 aromatic rings. The normalized spacial score (nSPS) is 11.8. The molecular weight excluding hydrogens is 270 g/mol. The molecule has 21 heavy (non-hydrogen) atoms. The summed E-state index contributed by atoms with van der Waals surface area (Å²) in [5.41, 5.74) is 0.981. The first kappa shape index (κ1) is 17.3. The average molecular weight is 295 g/mol. The Labute approximate surface area is 126 Å². The van der Waals surface area contributed by atoms with Crippen LogP contribution in [0.4, 0.5) is 0 Å². The monoisotopic (exact) mass is 295 g/mol. The Morgan fingerprint density at radius 1 is 1.19 bits per heavy atom. The first-order valence-corrected chi connectivity index (χ1v) is 7.27. The van der Waals surface area contributed by atoms with Crippen molar-refractivity contribution >= 4 is 5.97 Å². The van der Waals surface area contributed by atoms with Crippen molar-refractivity contribution in [2.24, 2.45) is 0 Å². The number of carbonyl (C=O) groups is 1. The van der Waals surface area contributed by atoms with Crippen LogP contribution in [-0.2, 0) is 9.53 Å². The van der Waals surface area contributed by atoms with E-state index in [1.807, 2.05) is 25.1 Å². The van der Waals surface area contributed by atoms with Crippen LogP contribution in [0, 0.1) is 0 Å². The van der Waals surface area contributed by atoms with Crippen molar-refractivity contribution in [1.29, 1.82) is 0 Å². The Kier molecular flexibility index (Phi) is 7.61. The number of benzene rings is 1. The molecule has 1 atom stereocenters. The molecule has 0 spiro atoms. The van der Waals surface area contributed by atoms with E-state index in [9.17, 15) is 4.79 Å². The minimum absolute atomic E-state index is 0.0937. The molecular formula is C16H25NO4. The maximum Gasteiger partial charge on any atom is 0.307 e. The third kappa shape index (κ3) is 5.27. The number of hydrogen-bond donors (Lipinski definition) is 1. The van der Waals surface area contributed by atoms with E-state index in [0.717, 1.165) is 18.5 Å². The molecule has 0 amide bonds. The molecule has 0 aromatic heterocycles. The maximum atomic E-state index is 11.7. The van der Waals surface area contributed by atoms with Crippen molar-refractivity contribution < 1.29 is 19.0 Å². The Morgan fingerprint density at radius 3 is 2.48 bits per heavy atom. The van der Waals surface area contributed by atoms with Gasteiger partial charge in [0.25, 0.3) is 0 Å². The largest absolute Gasteiger partial charge is 0.493 e. The van der Waals surface area contributed by atoms with Crippen molar-refractivity contribution in [3.63, 3.8) is 0 Å². The molecule has 1 rings (SSSR count). The highest BCUT2D eigenvalue weighted by atomic mass is 16.5. The number of esters is 1. The second kappa shape index (κ2) is 9.23. The maximum absolute atomic E-state index is 11.7. The molecule has 1 N–H and O–H groups in total. The van der Waals surface area contributed by atoms with Gasteiger partial charge in [0.05, 0.1) is 27.2 Å². The first-order chi connectivity index (χ1) is 10.2. The molecule has 0 aliphatic carbocycles. The van der Waals surface area contributed by atoms with Gasteiger partial charge in [-0.2, -0.15) is 0 Å². The summed E-state index contributed by atoms with van der Waals surface area (Å²) >= 11 is 0. The van der Waals surface area contributed by atoms with Gasteiger partial charge >= 0.3 is 5.97 Å². The quantitative estimate of drug-likeness (QED) is 0.710. The number of rotatable bonds is 9. The molecule has 0 aliphatic rings. The molecule has 0 aliphatic heterocycles. The lowest BCUT2D eigenvalue weighted by Gasteiger charge is -2.19. The molecule has 5 nitrogen and oxygen atoms in total. The summed E-state index contributed by atoms with van der Waals surface area (Å²) in [7, 11) is 3.20. The number of methoxy groups -OCH3 is 2. The Hall–Kier alpha value is -1.75. The first-order valence-electron chi connectivity index (χ1n) is 7.27. The summed E-state index contributed by atoms with van der Waals surface area (Å²) in [5, 5.41) is 3.37. The third-order valence-electron chi connectivity index (χ3n) is 3.13. The van der Waals surface area contributed by atoms with Gasteiger partial charge in [-0.1, -0.05) is 13.0 Å². The average Bonchev–Trinajstić information content (AvgIpc) is 2.50. The second-order valence-corrected chi connectivity index (χ2v) is 4.63. The van der Waals surface area contributed by atoms with E-state index >= 15 is 0 Å². The van der Waals surface area contributed by atoms with E-state index in [4.69, 9.17) is 14.2 Å². The lowest BCUT2D eigenvalue weighted by Crippen LogP contribution is -2.25.